The van der Waals surface area contributed by atoms with Crippen molar-refractivity contribution in [3.8, 4) is 11.5 Å². The molecule has 0 amide bonds. The van der Waals surface area contributed by atoms with Gasteiger partial charge in [0, 0.05) is 5.46 Å². The molecule has 1 aromatic rings. The SMILES string of the molecule is COc1ccc(OC(C)C)c(B(O)O)c1. The summed E-state index contributed by atoms with van der Waals surface area (Å²) >= 11 is 0. The number of rotatable bonds is 4. The normalized spacial score (nSPS) is 10.3. The molecule has 0 saturated carbocycles. The minimum atomic E-state index is -1.56. The second kappa shape index (κ2) is 5.05. The van der Waals surface area contributed by atoms with Crippen LogP contribution >= 0.6 is 0 Å². The Morgan fingerprint density at radius 2 is 1.93 bits per heavy atom. The van der Waals surface area contributed by atoms with Crippen LogP contribution in [-0.4, -0.2) is 30.4 Å². The fourth-order valence-electron chi connectivity index (χ4n) is 1.22. The largest absolute Gasteiger partial charge is 0.497 e. The van der Waals surface area contributed by atoms with E-state index in [-0.39, 0.29) is 6.10 Å². The van der Waals surface area contributed by atoms with Crippen LogP contribution in [0.5, 0.6) is 11.5 Å². The topological polar surface area (TPSA) is 58.9 Å². The van der Waals surface area contributed by atoms with Gasteiger partial charge >= 0.3 is 7.12 Å². The Kier molecular flexibility index (Phi) is 4.00. The number of hydrogen-bond acceptors (Lipinski definition) is 4. The summed E-state index contributed by atoms with van der Waals surface area (Å²) in [6, 6.07) is 4.92. The van der Waals surface area contributed by atoms with Gasteiger partial charge in [-0.25, -0.2) is 0 Å². The van der Waals surface area contributed by atoms with Crippen LogP contribution in [-0.2, 0) is 0 Å². The van der Waals surface area contributed by atoms with Crippen molar-refractivity contribution >= 4 is 12.6 Å². The van der Waals surface area contributed by atoms with Crippen LogP contribution < -0.4 is 14.9 Å². The van der Waals surface area contributed by atoms with E-state index < -0.39 is 7.12 Å². The standard InChI is InChI=1S/C10H15BO4/c1-7(2)15-10-5-4-8(14-3)6-9(10)11(12)13/h4-7,12-13H,1-3H3. The molecule has 0 aliphatic rings. The Bertz CT molecular complexity index is 325. The highest BCUT2D eigenvalue weighted by molar-refractivity contribution is 6.59. The molecule has 4 nitrogen and oxygen atoms in total. The molecule has 0 atom stereocenters. The Hall–Kier alpha value is -1.20. The van der Waals surface area contributed by atoms with Crippen molar-refractivity contribution in [1.82, 2.24) is 0 Å². The van der Waals surface area contributed by atoms with E-state index in [0.717, 1.165) is 0 Å². The zero-order chi connectivity index (χ0) is 11.4. The second-order valence-electron chi connectivity index (χ2n) is 3.44. The summed E-state index contributed by atoms with van der Waals surface area (Å²) in [6.07, 6.45) is -0.0177. The first-order chi connectivity index (χ1) is 7.04. The maximum atomic E-state index is 9.16. The molecule has 0 aromatic heterocycles. The van der Waals surface area contributed by atoms with Crippen molar-refractivity contribution in [1.29, 1.82) is 0 Å². The third-order valence-corrected chi connectivity index (χ3v) is 1.86. The number of benzene rings is 1. The van der Waals surface area contributed by atoms with Gasteiger partial charge in [-0.15, -0.1) is 0 Å². The lowest BCUT2D eigenvalue weighted by molar-refractivity contribution is 0.243. The molecule has 1 aromatic carbocycles. The van der Waals surface area contributed by atoms with E-state index in [2.05, 4.69) is 0 Å². The summed E-state index contributed by atoms with van der Waals surface area (Å²) in [7, 11) is -0.0416. The van der Waals surface area contributed by atoms with E-state index in [1.165, 1.54) is 7.11 Å². The second-order valence-corrected chi connectivity index (χ2v) is 3.44. The van der Waals surface area contributed by atoms with Crippen LogP contribution in [0.3, 0.4) is 0 Å². The Morgan fingerprint density at radius 3 is 2.40 bits per heavy atom. The Morgan fingerprint density at radius 1 is 1.27 bits per heavy atom. The average molecular weight is 210 g/mol. The fourth-order valence-corrected chi connectivity index (χ4v) is 1.22. The molecule has 0 spiro atoms. The zero-order valence-electron chi connectivity index (χ0n) is 9.10. The minimum Gasteiger partial charge on any atom is -0.497 e. The number of ether oxygens (including phenoxy) is 2. The monoisotopic (exact) mass is 210 g/mol. The summed E-state index contributed by atoms with van der Waals surface area (Å²) in [6.45, 7) is 3.75. The average Bonchev–Trinajstić information content (AvgIpc) is 2.17. The van der Waals surface area contributed by atoms with Gasteiger partial charge in [-0.3, -0.25) is 0 Å². The highest BCUT2D eigenvalue weighted by atomic mass is 16.5. The van der Waals surface area contributed by atoms with Crippen molar-refractivity contribution in [2.75, 3.05) is 7.11 Å². The van der Waals surface area contributed by atoms with Crippen molar-refractivity contribution in [3.05, 3.63) is 18.2 Å². The van der Waals surface area contributed by atoms with Gasteiger partial charge in [0.2, 0.25) is 0 Å². The summed E-state index contributed by atoms with van der Waals surface area (Å²) in [5.74, 6) is 1.02. The predicted molar refractivity (Wildman–Crippen MR) is 58.6 cm³/mol. The smallest absolute Gasteiger partial charge is 0.492 e. The molecule has 0 heterocycles. The van der Waals surface area contributed by atoms with Crippen LogP contribution in [0, 0.1) is 0 Å². The molecular formula is C10H15BO4. The molecule has 0 bridgehead atoms. The zero-order valence-corrected chi connectivity index (χ0v) is 9.10. The Labute approximate surface area is 89.6 Å². The van der Waals surface area contributed by atoms with Gasteiger partial charge in [0.15, 0.2) is 0 Å². The van der Waals surface area contributed by atoms with E-state index in [1.807, 2.05) is 13.8 Å². The molecule has 0 radical (unpaired) electrons. The van der Waals surface area contributed by atoms with Gasteiger partial charge < -0.3 is 19.5 Å². The van der Waals surface area contributed by atoms with Crippen LogP contribution in [0.2, 0.25) is 0 Å². The minimum absolute atomic E-state index is 0.0177. The van der Waals surface area contributed by atoms with E-state index in [1.54, 1.807) is 18.2 Å². The summed E-state index contributed by atoms with van der Waals surface area (Å²) in [5.41, 5.74) is 0.308. The molecule has 0 unspecified atom stereocenters. The molecule has 1 rings (SSSR count). The van der Waals surface area contributed by atoms with Crippen LogP contribution in [0.4, 0.5) is 0 Å². The quantitative estimate of drug-likeness (QED) is 0.695. The predicted octanol–water partition coefficient (Wildman–Crippen LogP) is 0.162. The summed E-state index contributed by atoms with van der Waals surface area (Å²) in [5, 5.41) is 18.3. The van der Waals surface area contributed by atoms with E-state index in [9.17, 15) is 0 Å². The first-order valence-electron chi connectivity index (χ1n) is 4.75. The van der Waals surface area contributed by atoms with E-state index >= 15 is 0 Å². The highest BCUT2D eigenvalue weighted by Gasteiger charge is 2.18. The van der Waals surface area contributed by atoms with Crippen LogP contribution in [0.1, 0.15) is 13.8 Å². The summed E-state index contributed by atoms with van der Waals surface area (Å²) in [4.78, 5) is 0. The molecule has 0 fully saturated rings. The first-order valence-corrected chi connectivity index (χ1v) is 4.75. The van der Waals surface area contributed by atoms with Crippen molar-refractivity contribution in [2.24, 2.45) is 0 Å². The van der Waals surface area contributed by atoms with Crippen molar-refractivity contribution in [3.63, 3.8) is 0 Å². The van der Waals surface area contributed by atoms with Crippen LogP contribution in [0.15, 0.2) is 18.2 Å². The van der Waals surface area contributed by atoms with E-state index in [4.69, 9.17) is 19.5 Å². The van der Waals surface area contributed by atoms with Gasteiger partial charge in [0.25, 0.3) is 0 Å². The molecule has 0 saturated heterocycles. The molecule has 0 aliphatic heterocycles. The van der Waals surface area contributed by atoms with Gasteiger partial charge in [-0.2, -0.15) is 0 Å². The first kappa shape index (κ1) is 11.9. The maximum absolute atomic E-state index is 9.16. The summed E-state index contributed by atoms with van der Waals surface area (Å²) < 4.78 is 10.4. The Balaban J connectivity index is 3.03. The third-order valence-electron chi connectivity index (χ3n) is 1.86. The number of methoxy groups -OCH3 is 1. The third kappa shape index (κ3) is 3.14. The lowest BCUT2D eigenvalue weighted by Crippen LogP contribution is -2.32. The molecule has 15 heavy (non-hydrogen) atoms. The maximum Gasteiger partial charge on any atom is 0.492 e. The number of hydrogen-bond donors (Lipinski definition) is 2. The molecule has 5 heteroatoms. The molecule has 82 valence electrons. The van der Waals surface area contributed by atoms with Crippen LogP contribution in [0.25, 0.3) is 0 Å². The van der Waals surface area contributed by atoms with E-state index in [0.29, 0.717) is 17.0 Å². The van der Waals surface area contributed by atoms with Crippen molar-refractivity contribution in [2.45, 2.75) is 20.0 Å². The molecule has 0 aliphatic carbocycles. The van der Waals surface area contributed by atoms with Gasteiger partial charge in [0.05, 0.1) is 13.2 Å². The van der Waals surface area contributed by atoms with Gasteiger partial charge in [-0.1, -0.05) is 0 Å². The lowest BCUT2D eigenvalue weighted by Gasteiger charge is -2.14. The van der Waals surface area contributed by atoms with Crippen molar-refractivity contribution < 1.29 is 19.5 Å². The fraction of sp³-hybridized carbons (Fsp3) is 0.400. The van der Waals surface area contributed by atoms with Gasteiger partial charge in [0.1, 0.15) is 11.5 Å². The molecule has 2 N–H and O–H groups in total. The molecular weight excluding hydrogens is 195 g/mol. The lowest BCUT2D eigenvalue weighted by atomic mass is 9.79. The van der Waals surface area contributed by atoms with Gasteiger partial charge in [-0.05, 0) is 32.0 Å². The highest BCUT2D eigenvalue weighted by Crippen LogP contribution is 2.16.